The van der Waals surface area contributed by atoms with Gasteiger partial charge in [0.25, 0.3) is 0 Å². The second-order valence-corrected chi connectivity index (χ2v) is 7.04. The first-order valence-corrected chi connectivity index (χ1v) is 6.76. The maximum Gasteiger partial charge on any atom is 0.227 e. The average Bonchev–Trinajstić information content (AvgIpc) is 2.54. The summed E-state index contributed by atoms with van der Waals surface area (Å²) >= 11 is 0. The Kier molecular flexibility index (Phi) is 2.81. The summed E-state index contributed by atoms with van der Waals surface area (Å²) in [6.45, 7) is 10.4. The van der Waals surface area contributed by atoms with Crippen molar-refractivity contribution in [2.24, 2.45) is 27.9 Å². The Hall–Kier alpha value is -0.570. The van der Waals surface area contributed by atoms with E-state index in [4.69, 9.17) is 5.73 Å². The lowest BCUT2D eigenvalue weighted by Gasteiger charge is -2.39. The van der Waals surface area contributed by atoms with Crippen LogP contribution in [-0.2, 0) is 4.79 Å². The second-order valence-electron chi connectivity index (χ2n) is 7.04. The van der Waals surface area contributed by atoms with Gasteiger partial charge in [0.2, 0.25) is 5.91 Å². The van der Waals surface area contributed by atoms with Crippen molar-refractivity contribution in [3.8, 4) is 0 Å². The van der Waals surface area contributed by atoms with Gasteiger partial charge in [0.1, 0.15) is 0 Å². The number of amides is 1. The summed E-state index contributed by atoms with van der Waals surface area (Å²) in [6, 6.07) is 0. The van der Waals surface area contributed by atoms with Gasteiger partial charge in [-0.1, -0.05) is 34.1 Å². The molecule has 2 aliphatic rings. The normalized spacial score (nSPS) is 28.3. The van der Waals surface area contributed by atoms with Crippen LogP contribution in [0.15, 0.2) is 0 Å². The molecule has 3 heteroatoms. The summed E-state index contributed by atoms with van der Waals surface area (Å²) < 4.78 is 0. The molecule has 2 rings (SSSR count). The molecule has 0 aliphatic heterocycles. The largest absolute Gasteiger partial charge is 0.355 e. The van der Waals surface area contributed by atoms with Gasteiger partial charge in [-0.15, -0.1) is 0 Å². The van der Waals surface area contributed by atoms with E-state index in [1.54, 1.807) is 0 Å². The fraction of sp³-hybridized carbons (Fsp3) is 0.929. The van der Waals surface area contributed by atoms with Gasteiger partial charge >= 0.3 is 0 Å². The first-order valence-electron chi connectivity index (χ1n) is 6.76. The molecule has 0 bridgehead atoms. The molecule has 0 atom stereocenters. The highest BCUT2D eigenvalue weighted by molar-refractivity contribution is 5.83. The SMILES string of the molecule is CC1(C)C(CNC(=O)C2(CN)CCC2)C1(C)C. The van der Waals surface area contributed by atoms with E-state index in [9.17, 15) is 4.79 Å². The van der Waals surface area contributed by atoms with Gasteiger partial charge in [0.05, 0.1) is 5.41 Å². The molecule has 98 valence electrons. The predicted octanol–water partition coefficient (Wildman–Crippen LogP) is 1.91. The zero-order chi connectivity index (χ0) is 12.9. The van der Waals surface area contributed by atoms with E-state index < -0.39 is 0 Å². The number of nitrogens with two attached hydrogens (primary N) is 1. The fourth-order valence-electron chi connectivity index (χ4n) is 3.35. The van der Waals surface area contributed by atoms with E-state index in [0.717, 1.165) is 25.8 Å². The van der Waals surface area contributed by atoms with E-state index in [2.05, 4.69) is 33.0 Å². The Morgan fingerprint density at radius 3 is 2.06 bits per heavy atom. The smallest absolute Gasteiger partial charge is 0.227 e. The summed E-state index contributed by atoms with van der Waals surface area (Å²) in [7, 11) is 0. The van der Waals surface area contributed by atoms with Crippen LogP contribution in [0.25, 0.3) is 0 Å². The third-order valence-corrected chi connectivity index (χ3v) is 5.97. The van der Waals surface area contributed by atoms with Crippen LogP contribution in [0, 0.1) is 22.2 Å². The van der Waals surface area contributed by atoms with Crippen molar-refractivity contribution in [2.45, 2.75) is 47.0 Å². The van der Waals surface area contributed by atoms with E-state index >= 15 is 0 Å². The Morgan fingerprint density at radius 1 is 1.24 bits per heavy atom. The molecule has 0 aromatic carbocycles. The number of rotatable bonds is 4. The minimum absolute atomic E-state index is 0.185. The van der Waals surface area contributed by atoms with E-state index in [1.807, 2.05) is 0 Å². The summed E-state index contributed by atoms with van der Waals surface area (Å²) in [6.07, 6.45) is 3.07. The molecule has 0 aromatic rings. The first-order chi connectivity index (χ1) is 7.78. The maximum atomic E-state index is 12.1. The second kappa shape index (κ2) is 3.71. The van der Waals surface area contributed by atoms with Crippen LogP contribution in [0.4, 0.5) is 0 Å². The van der Waals surface area contributed by atoms with Gasteiger partial charge in [0, 0.05) is 13.1 Å². The number of nitrogens with one attached hydrogen (secondary N) is 1. The highest BCUT2D eigenvalue weighted by atomic mass is 16.2. The van der Waals surface area contributed by atoms with Crippen LogP contribution in [0.2, 0.25) is 0 Å². The third kappa shape index (κ3) is 1.70. The Bertz CT molecular complexity index is 310. The van der Waals surface area contributed by atoms with Gasteiger partial charge in [-0.3, -0.25) is 4.79 Å². The van der Waals surface area contributed by atoms with Crippen molar-refractivity contribution in [3.63, 3.8) is 0 Å². The summed E-state index contributed by atoms with van der Waals surface area (Å²) in [4.78, 5) is 12.1. The fourth-order valence-corrected chi connectivity index (χ4v) is 3.35. The van der Waals surface area contributed by atoms with E-state index in [1.165, 1.54) is 0 Å². The summed E-state index contributed by atoms with van der Waals surface area (Å²) in [5.41, 5.74) is 6.19. The zero-order valence-corrected chi connectivity index (χ0v) is 11.6. The molecule has 1 amide bonds. The lowest BCUT2D eigenvalue weighted by atomic mass is 9.68. The van der Waals surface area contributed by atoms with Gasteiger partial charge in [-0.25, -0.2) is 0 Å². The molecule has 0 heterocycles. The molecule has 2 fully saturated rings. The van der Waals surface area contributed by atoms with Crippen molar-refractivity contribution >= 4 is 5.91 Å². The maximum absolute atomic E-state index is 12.1. The topological polar surface area (TPSA) is 55.1 Å². The molecule has 0 spiro atoms. The number of carbonyl (C=O) groups excluding carboxylic acids is 1. The molecule has 0 aromatic heterocycles. The van der Waals surface area contributed by atoms with Crippen molar-refractivity contribution in [2.75, 3.05) is 13.1 Å². The molecule has 0 unspecified atom stereocenters. The minimum Gasteiger partial charge on any atom is -0.355 e. The summed E-state index contributed by atoms with van der Waals surface area (Å²) in [5.74, 6) is 0.776. The molecular formula is C14H26N2O. The third-order valence-electron chi connectivity index (χ3n) is 5.97. The van der Waals surface area contributed by atoms with E-state index in [0.29, 0.717) is 23.3 Å². The molecule has 2 aliphatic carbocycles. The monoisotopic (exact) mass is 238 g/mol. The van der Waals surface area contributed by atoms with Gasteiger partial charge < -0.3 is 11.1 Å². The van der Waals surface area contributed by atoms with Crippen LogP contribution in [-0.4, -0.2) is 19.0 Å². The standard InChI is InChI=1S/C14H26N2O/c1-12(2)10(13(12,3)4)8-16-11(17)14(9-15)6-5-7-14/h10H,5-9,15H2,1-4H3,(H,16,17). The molecular weight excluding hydrogens is 212 g/mol. The first kappa shape index (κ1) is 12.9. The van der Waals surface area contributed by atoms with E-state index in [-0.39, 0.29) is 11.3 Å². The number of hydrogen-bond donors (Lipinski definition) is 2. The molecule has 2 saturated carbocycles. The Labute approximate surface area is 105 Å². The highest BCUT2D eigenvalue weighted by Gasteiger charge is 2.64. The Balaban J connectivity index is 1.86. The molecule has 0 saturated heterocycles. The van der Waals surface area contributed by atoms with Crippen molar-refractivity contribution < 1.29 is 4.79 Å². The average molecular weight is 238 g/mol. The quantitative estimate of drug-likeness (QED) is 0.786. The number of carbonyl (C=O) groups is 1. The van der Waals surface area contributed by atoms with Crippen molar-refractivity contribution in [1.82, 2.24) is 5.32 Å². The molecule has 17 heavy (non-hydrogen) atoms. The molecule has 3 nitrogen and oxygen atoms in total. The van der Waals surface area contributed by atoms with Gasteiger partial charge in [-0.05, 0) is 29.6 Å². The van der Waals surface area contributed by atoms with Crippen LogP contribution in [0.3, 0.4) is 0 Å². The van der Waals surface area contributed by atoms with Crippen LogP contribution in [0.5, 0.6) is 0 Å². The zero-order valence-electron chi connectivity index (χ0n) is 11.6. The van der Waals surface area contributed by atoms with Crippen molar-refractivity contribution in [3.05, 3.63) is 0 Å². The van der Waals surface area contributed by atoms with Crippen molar-refractivity contribution in [1.29, 1.82) is 0 Å². The summed E-state index contributed by atoms with van der Waals surface area (Å²) in [5, 5.41) is 3.13. The molecule has 0 radical (unpaired) electrons. The predicted molar refractivity (Wildman–Crippen MR) is 69.4 cm³/mol. The van der Waals surface area contributed by atoms with Gasteiger partial charge in [-0.2, -0.15) is 0 Å². The van der Waals surface area contributed by atoms with Crippen LogP contribution in [0.1, 0.15) is 47.0 Å². The van der Waals surface area contributed by atoms with Crippen LogP contribution >= 0.6 is 0 Å². The lowest BCUT2D eigenvalue weighted by Crippen LogP contribution is -2.50. The minimum atomic E-state index is -0.233. The van der Waals surface area contributed by atoms with Gasteiger partial charge in [0.15, 0.2) is 0 Å². The Morgan fingerprint density at radius 2 is 1.76 bits per heavy atom. The van der Waals surface area contributed by atoms with Crippen LogP contribution < -0.4 is 11.1 Å². The molecule has 3 N–H and O–H groups in total. The lowest BCUT2D eigenvalue weighted by molar-refractivity contribution is -0.135. The highest BCUT2D eigenvalue weighted by Crippen LogP contribution is 2.67. The number of hydrogen-bond acceptors (Lipinski definition) is 2.